The molecule has 16 heavy (non-hydrogen) atoms. The minimum Gasteiger partial charge on any atom is -0.393 e. The lowest BCUT2D eigenvalue weighted by atomic mass is 9.85. The van der Waals surface area contributed by atoms with Gasteiger partial charge in [0.15, 0.2) is 0 Å². The van der Waals surface area contributed by atoms with Crippen LogP contribution < -0.4 is 5.73 Å². The van der Waals surface area contributed by atoms with Crippen LogP contribution in [0.3, 0.4) is 0 Å². The molecule has 0 saturated heterocycles. The third kappa shape index (κ3) is 4.10. The number of carbonyl (C=O) groups is 1. The van der Waals surface area contributed by atoms with E-state index in [0.717, 1.165) is 25.7 Å². The number of nitrogens with two attached hydrogens (primary N) is 1. The van der Waals surface area contributed by atoms with Crippen LogP contribution in [0.5, 0.6) is 0 Å². The molecule has 0 bridgehead atoms. The highest BCUT2D eigenvalue weighted by molar-refractivity contribution is 5.78. The Balaban J connectivity index is 2.32. The lowest BCUT2D eigenvalue weighted by Crippen LogP contribution is -2.38. The number of aliphatic hydroxyl groups excluding tert-OH is 1. The van der Waals surface area contributed by atoms with Gasteiger partial charge in [0.2, 0.25) is 5.91 Å². The van der Waals surface area contributed by atoms with Crippen molar-refractivity contribution in [2.75, 3.05) is 13.6 Å². The second-order valence-corrected chi connectivity index (χ2v) is 5.01. The lowest BCUT2D eigenvalue weighted by molar-refractivity contribution is -0.135. The molecule has 0 aliphatic heterocycles. The summed E-state index contributed by atoms with van der Waals surface area (Å²) in [5.41, 5.74) is 5.81. The molecule has 0 radical (unpaired) electrons. The zero-order valence-electron chi connectivity index (χ0n) is 10.4. The summed E-state index contributed by atoms with van der Waals surface area (Å²) in [7, 11) is 1.82. The van der Waals surface area contributed by atoms with Crippen LogP contribution in [0.15, 0.2) is 0 Å². The maximum atomic E-state index is 12.0. The molecule has 0 aromatic heterocycles. The van der Waals surface area contributed by atoms with E-state index in [1.165, 1.54) is 0 Å². The SMILES string of the molecule is CC(O)CCN(C)C(=O)C1CCC(N)CC1. The number of hydrogen-bond acceptors (Lipinski definition) is 3. The molecule has 0 spiro atoms. The van der Waals surface area contributed by atoms with Crippen molar-refractivity contribution in [2.45, 2.75) is 51.2 Å². The third-order valence-corrected chi connectivity index (χ3v) is 3.38. The molecule has 1 fully saturated rings. The fourth-order valence-electron chi connectivity index (χ4n) is 2.17. The topological polar surface area (TPSA) is 66.6 Å². The highest BCUT2D eigenvalue weighted by Crippen LogP contribution is 2.24. The molecule has 0 heterocycles. The molecule has 1 aliphatic rings. The molecular formula is C12H24N2O2. The highest BCUT2D eigenvalue weighted by atomic mass is 16.3. The first-order valence-corrected chi connectivity index (χ1v) is 6.19. The molecule has 1 amide bonds. The third-order valence-electron chi connectivity index (χ3n) is 3.38. The summed E-state index contributed by atoms with van der Waals surface area (Å²) < 4.78 is 0. The van der Waals surface area contributed by atoms with Gasteiger partial charge in [-0.3, -0.25) is 4.79 Å². The van der Waals surface area contributed by atoms with E-state index in [1.54, 1.807) is 11.8 Å². The number of amides is 1. The zero-order chi connectivity index (χ0) is 12.1. The normalized spacial score (nSPS) is 27.5. The van der Waals surface area contributed by atoms with Crippen molar-refractivity contribution >= 4 is 5.91 Å². The number of carbonyl (C=O) groups excluding carboxylic acids is 1. The second kappa shape index (κ2) is 6.21. The van der Waals surface area contributed by atoms with Crippen LogP contribution in [0.2, 0.25) is 0 Å². The minimum absolute atomic E-state index is 0.152. The zero-order valence-corrected chi connectivity index (χ0v) is 10.4. The fourth-order valence-corrected chi connectivity index (χ4v) is 2.17. The van der Waals surface area contributed by atoms with Gasteiger partial charge in [-0.25, -0.2) is 0 Å². The van der Waals surface area contributed by atoms with Crippen molar-refractivity contribution in [3.8, 4) is 0 Å². The van der Waals surface area contributed by atoms with Crippen LogP contribution in [-0.2, 0) is 4.79 Å². The number of hydrogen-bond donors (Lipinski definition) is 2. The molecule has 4 heteroatoms. The lowest BCUT2D eigenvalue weighted by Gasteiger charge is -2.29. The van der Waals surface area contributed by atoms with Gasteiger partial charge in [-0.05, 0) is 39.0 Å². The Bertz CT molecular complexity index is 223. The quantitative estimate of drug-likeness (QED) is 0.745. The molecule has 1 rings (SSSR count). The van der Waals surface area contributed by atoms with E-state index in [1.807, 2.05) is 7.05 Å². The van der Waals surface area contributed by atoms with Crippen molar-refractivity contribution in [2.24, 2.45) is 11.7 Å². The van der Waals surface area contributed by atoms with Crippen LogP contribution in [0.4, 0.5) is 0 Å². The van der Waals surface area contributed by atoms with Crippen molar-refractivity contribution in [3.63, 3.8) is 0 Å². The Morgan fingerprint density at radius 3 is 2.50 bits per heavy atom. The van der Waals surface area contributed by atoms with Crippen molar-refractivity contribution in [1.82, 2.24) is 4.90 Å². The van der Waals surface area contributed by atoms with E-state index in [9.17, 15) is 9.90 Å². The van der Waals surface area contributed by atoms with Gasteiger partial charge in [-0.15, -0.1) is 0 Å². The van der Waals surface area contributed by atoms with Crippen molar-refractivity contribution < 1.29 is 9.90 Å². The Morgan fingerprint density at radius 1 is 1.44 bits per heavy atom. The summed E-state index contributed by atoms with van der Waals surface area (Å²) in [4.78, 5) is 13.8. The van der Waals surface area contributed by atoms with Crippen LogP contribution in [0, 0.1) is 5.92 Å². The molecule has 0 aromatic carbocycles. The van der Waals surface area contributed by atoms with E-state index in [0.29, 0.717) is 13.0 Å². The van der Waals surface area contributed by atoms with Crippen molar-refractivity contribution in [1.29, 1.82) is 0 Å². The average molecular weight is 228 g/mol. The molecule has 1 unspecified atom stereocenters. The predicted molar refractivity (Wildman–Crippen MR) is 63.9 cm³/mol. The van der Waals surface area contributed by atoms with E-state index in [4.69, 9.17) is 5.73 Å². The summed E-state index contributed by atoms with van der Waals surface area (Å²) in [5.74, 6) is 0.367. The Hall–Kier alpha value is -0.610. The first kappa shape index (κ1) is 13.5. The largest absolute Gasteiger partial charge is 0.393 e. The van der Waals surface area contributed by atoms with Gasteiger partial charge in [0.05, 0.1) is 6.10 Å². The van der Waals surface area contributed by atoms with Gasteiger partial charge in [-0.1, -0.05) is 0 Å². The van der Waals surface area contributed by atoms with Crippen LogP contribution in [-0.4, -0.2) is 41.7 Å². The highest BCUT2D eigenvalue weighted by Gasteiger charge is 2.26. The van der Waals surface area contributed by atoms with Gasteiger partial charge >= 0.3 is 0 Å². The van der Waals surface area contributed by atoms with Gasteiger partial charge in [0.25, 0.3) is 0 Å². The molecule has 0 aromatic rings. The summed E-state index contributed by atoms with van der Waals surface area (Å²) in [6, 6.07) is 0.284. The Labute approximate surface area is 97.8 Å². The number of nitrogens with zero attached hydrogens (tertiary/aromatic N) is 1. The van der Waals surface area contributed by atoms with Crippen LogP contribution in [0.1, 0.15) is 39.0 Å². The molecule has 4 nitrogen and oxygen atoms in total. The molecular weight excluding hydrogens is 204 g/mol. The summed E-state index contributed by atoms with van der Waals surface area (Å²) in [6.45, 7) is 2.39. The van der Waals surface area contributed by atoms with Gasteiger partial charge in [0.1, 0.15) is 0 Å². The number of aliphatic hydroxyl groups is 1. The maximum Gasteiger partial charge on any atom is 0.225 e. The monoisotopic (exact) mass is 228 g/mol. The second-order valence-electron chi connectivity index (χ2n) is 5.01. The van der Waals surface area contributed by atoms with Gasteiger partial charge in [0, 0.05) is 25.6 Å². The molecule has 1 saturated carbocycles. The van der Waals surface area contributed by atoms with Crippen molar-refractivity contribution in [3.05, 3.63) is 0 Å². The van der Waals surface area contributed by atoms with E-state index in [2.05, 4.69) is 0 Å². The summed E-state index contributed by atoms with van der Waals surface area (Å²) in [6.07, 6.45) is 4.06. The first-order chi connectivity index (χ1) is 7.50. The van der Waals surface area contributed by atoms with Gasteiger partial charge < -0.3 is 15.7 Å². The first-order valence-electron chi connectivity index (χ1n) is 6.19. The summed E-state index contributed by atoms with van der Waals surface area (Å²) >= 11 is 0. The average Bonchev–Trinajstić information content (AvgIpc) is 2.26. The maximum absolute atomic E-state index is 12.0. The molecule has 1 aliphatic carbocycles. The van der Waals surface area contributed by atoms with E-state index < -0.39 is 0 Å². The molecule has 94 valence electrons. The van der Waals surface area contributed by atoms with Gasteiger partial charge in [-0.2, -0.15) is 0 Å². The Morgan fingerprint density at radius 2 is 2.00 bits per heavy atom. The van der Waals surface area contributed by atoms with Crippen LogP contribution in [0.25, 0.3) is 0 Å². The fraction of sp³-hybridized carbons (Fsp3) is 0.917. The molecule has 1 atom stereocenters. The van der Waals surface area contributed by atoms with E-state index in [-0.39, 0.29) is 24.0 Å². The predicted octanol–water partition coefficient (Wildman–Crippen LogP) is 0.733. The minimum atomic E-state index is -0.338. The Kier molecular flexibility index (Phi) is 5.22. The van der Waals surface area contributed by atoms with E-state index >= 15 is 0 Å². The summed E-state index contributed by atoms with van der Waals surface area (Å²) in [5, 5.41) is 9.17. The number of rotatable bonds is 4. The standard InChI is InChI=1S/C12H24N2O2/c1-9(15)7-8-14(2)12(16)10-3-5-11(13)6-4-10/h9-11,15H,3-8,13H2,1-2H3. The van der Waals surface area contributed by atoms with Crippen LogP contribution >= 0.6 is 0 Å². The molecule has 3 N–H and O–H groups in total. The smallest absolute Gasteiger partial charge is 0.225 e.